The third-order valence-corrected chi connectivity index (χ3v) is 4.97. The first-order valence-corrected chi connectivity index (χ1v) is 10.1. The van der Waals surface area contributed by atoms with E-state index in [0.29, 0.717) is 0 Å². The van der Waals surface area contributed by atoms with Gasteiger partial charge in [-0.2, -0.15) is 8.42 Å². The van der Waals surface area contributed by atoms with Gasteiger partial charge in [-0.1, -0.05) is 17.7 Å². The molecule has 1 rings (SSSR count). The first-order chi connectivity index (χ1) is 12.5. The van der Waals surface area contributed by atoms with Crippen molar-refractivity contribution in [2.45, 2.75) is 38.1 Å². The molecule has 0 aliphatic rings. The Labute approximate surface area is 161 Å². The van der Waals surface area contributed by atoms with E-state index in [-0.39, 0.29) is 44.5 Å². The average Bonchev–Trinajstić information content (AvgIpc) is 2.55. The van der Waals surface area contributed by atoms with Crippen LogP contribution in [0.1, 0.15) is 26.3 Å². The van der Waals surface area contributed by atoms with Crippen LogP contribution in [0.2, 0.25) is 0 Å². The first-order valence-electron chi connectivity index (χ1n) is 8.66. The number of hydrogen-bond donors (Lipinski definition) is 1. The molecular weight excluding hydrogens is 374 g/mol. The van der Waals surface area contributed by atoms with Crippen molar-refractivity contribution < 1.29 is 32.0 Å². The smallest absolute Gasteiger partial charge is 0.407 e. The molecule has 0 radical (unpaired) electrons. The van der Waals surface area contributed by atoms with E-state index in [2.05, 4.69) is 0 Å². The molecule has 0 spiro atoms. The summed E-state index contributed by atoms with van der Waals surface area (Å²) in [6, 6.07) is 6.40. The van der Waals surface area contributed by atoms with Crippen molar-refractivity contribution in [3.05, 3.63) is 29.8 Å². The lowest BCUT2D eigenvalue weighted by atomic mass is 10.1. The molecule has 1 aromatic rings. The van der Waals surface area contributed by atoms with Crippen LogP contribution in [0, 0.1) is 6.92 Å². The number of carbonyl (C=O) groups is 1. The summed E-state index contributed by atoms with van der Waals surface area (Å²) < 4.78 is 39.4. The Hall–Kier alpha value is -1.68. The summed E-state index contributed by atoms with van der Waals surface area (Å²) in [5.41, 5.74) is 0.470. The highest BCUT2D eigenvalue weighted by molar-refractivity contribution is 7.86. The highest BCUT2D eigenvalue weighted by Crippen LogP contribution is 2.13. The normalized spacial score (nSPS) is 12.1. The van der Waals surface area contributed by atoms with E-state index in [9.17, 15) is 13.2 Å². The largest absolute Gasteiger partial charge is 0.465 e. The van der Waals surface area contributed by atoms with Gasteiger partial charge in [0.2, 0.25) is 0 Å². The number of rotatable bonds is 11. The Bertz CT molecular complexity index is 681. The quantitative estimate of drug-likeness (QED) is 0.447. The standard InChI is InChI=1S/C18H29NO7S/c1-15-5-7-16(8-6-15)27(22,23)26-14-13-25-12-11-24-10-9-19(17(20)21)18(2,3)4/h5-8H,9-14H2,1-4H3,(H,20,21). The molecule has 0 aliphatic heterocycles. The summed E-state index contributed by atoms with van der Waals surface area (Å²) in [6.45, 7) is 8.39. The third-order valence-electron chi connectivity index (χ3n) is 3.65. The number of nitrogens with zero attached hydrogens (tertiary/aromatic N) is 1. The maximum Gasteiger partial charge on any atom is 0.407 e. The molecule has 0 saturated carbocycles. The second kappa shape index (κ2) is 10.6. The van der Waals surface area contributed by atoms with E-state index in [0.717, 1.165) is 5.56 Å². The molecule has 9 heteroatoms. The molecule has 0 unspecified atom stereocenters. The van der Waals surface area contributed by atoms with Crippen LogP contribution in [0.15, 0.2) is 29.2 Å². The lowest BCUT2D eigenvalue weighted by Gasteiger charge is -2.32. The Kier molecular flexibility index (Phi) is 9.17. The number of aryl methyl sites for hydroxylation is 1. The minimum absolute atomic E-state index is 0.0903. The average molecular weight is 403 g/mol. The first kappa shape index (κ1) is 23.4. The molecular formula is C18H29NO7S. The van der Waals surface area contributed by atoms with Crippen LogP contribution < -0.4 is 0 Å². The number of hydrogen-bond acceptors (Lipinski definition) is 6. The van der Waals surface area contributed by atoms with Gasteiger partial charge in [0.1, 0.15) is 0 Å². The van der Waals surface area contributed by atoms with Crippen LogP contribution in [-0.4, -0.2) is 69.6 Å². The van der Waals surface area contributed by atoms with Crippen LogP contribution in [0.25, 0.3) is 0 Å². The molecule has 0 aliphatic carbocycles. The molecule has 154 valence electrons. The van der Waals surface area contributed by atoms with E-state index < -0.39 is 21.8 Å². The fourth-order valence-corrected chi connectivity index (χ4v) is 3.06. The van der Waals surface area contributed by atoms with Gasteiger partial charge >= 0.3 is 6.09 Å². The lowest BCUT2D eigenvalue weighted by molar-refractivity contribution is 0.0213. The fourth-order valence-electron chi connectivity index (χ4n) is 2.17. The number of benzene rings is 1. The van der Waals surface area contributed by atoms with E-state index >= 15 is 0 Å². The van der Waals surface area contributed by atoms with E-state index in [1.54, 1.807) is 12.1 Å². The van der Waals surface area contributed by atoms with Crippen molar-refractivity contribution >= 4 is 16.2 Å². The highest BCUT2D eigenvalue weighted by Gasteiger charge is 2.25. The Morgan fingerprint density at radius 1 is 1.00 bits per heavy atom. The topological polar surface area (TPSA) is 102 Å². The zero-order valence-electron chi connectivity index (χ0n) is 16.3. The second-order valence-corrected chi connectivity index (χ2v) is 8.53. The van der Waals surface area contributed by atoms with Crippen LogP contribution in [0.3, 0.4) is 0 Å². The molecule has 0 fully saturated rings. The van der Waals surface area contributed by atoms with Gasteiger partial charge in [0.05, 0.1) is 37.9 Å². The molecule has 1 aromatic carbocycles. The zero-order valence-corrected chi connectivity index (χ0v) is 17.1. The maximum atomic E-state index is 12.0. The molecule has 1 amide bonds. The molecule has 0 aromatic heterocycles. The summed E-state index contributed by atoms with van der Waals surface area (Å²) in [7, 11) is -3.78. The number of carboxylic acid groups (broad SMARTS) is 1. The van der Waals surface area contributed by atoms with Crippen LogP contribution in [0.4, 0.5) is 4.79 Å². The van der Waals surface area contributed by atoms with Crippen LogP contribution in [0.5, 0.6) is 0 Å². The van der Waals surface area contributed by atoms with Crippen molar-refractivity contribution in [2.24, 2.45) is 0 Å². The second-order valence-electron chi connectivity index (χ2n) is 6.92. The van der Waals surface area contributed by atoms with Gasteiger partial charge in [-0.3, -0.25) is 4.18 Å². The molecule has 0 atom stereocenters. The van der Waals surface area contributed by atoms with Crippen molar-refractivity contribution in [2.75, 3.05) is 39.6 Å². The van der Waals surface area contributed by atoms with E-state index in [1.165, 1.54) is 17.0 Å². The van der Waals surface area contributed by atoms with Gasteiger partial charge in [0.15, 0.2) is 0 Å². The van der Waals surface area contributed by atoms with Gasteiger partial charge in [-0.15, -0.1) is 0 Å². The minimum atomic E-state index is -3.78. The SMILES string of the molecule is Cc1ccc(S(=O)(=O)OCCOCCOCCN(C(=O)O)C(C)(C)C)cc1. The van der Waals surface area contributed by atoms with Gasteiger partial charge in [0.25, 0.3) is 10.1 Å². The monoisotopic (exact) mass is 403 g/mol. The molecule has 0 saturated heterocycles. The summed E-state index contributed by atoms with van der Waals surface area (Å²) in [5, 5.41) is 9.15. The molecule has 1 N–H and O–H groups in total. The fraction of sp³-hybridized carbons (Fsp3) is 0.611. The Balaban J connectivity index is 2.15. The summed E-state index contributed by atoms with van der Waals surface area (Å²) >= 11 is 0. The molecule has 0 bridgehead atoms. The molecule has 0 heterocycles. The van der Waals surface area contributed by atoms with Crippen molar-refractivity contribution in [3.63, 3.8) is 0 Å². The van der Waals surface area contributed by atoms with Crippen LogP contribution >= 0.6 is 0 Å². The third kappa shape index (κ3) is 8.70. The zero-order chi connectivity index (χ0) is 20.5. The summed E-state index contributed by atoms with van der Waals surface area (Å²) in [5.74, 6) is 0. The number of ether oxygens (including phenoxy) is 2. The van der Waals surface area contributed by atoms with Gasteiger partial charge in [-0.25, -0.2) is 4.79 Å². The van der Waals surface area contributed by atoms with Gasteiger partial charge in [-0.05, 0) is 39.8 Å². The predicted octanol–water partition coefficient (Wildman–Crippen LogP) is 2.51. The lowest BCUT2D eigenvalue weighted by Crippen LogP contribution is -2.46. The van der Waals surface area contributed by atoms with E-state index in [4.69, 9.17) is 18.8 Å². The molecule has 8 nitrogen and oxygen atoms in total. The van der Waals surface area contributed by atoms with Crippen molar-refractivity contribution in [1.29, 1.82) is 0 Å². The van der Waals surface area contributed by atoms with Crippen LogP contribution in [-0.2, 0) is 23.8 Å². The van der Waals surface area contributed by atoms with Crippen molar-refractivity contribution in [1.82, 2.24) is 4.90 Å². The highest BCUT2D eigenvalue weighted by atomic mass is 32.2. The molecule has 27 heavy (non-hydrogen) atoms. The maximum absolute atomic E-state index is 12.0. The summed E-state index contributed by atoms with van der Waals surface area (Å²) in [6.07, 6.45) is -0.991. The predicted molar refractivity (Wildman–Crippen MR) is 100 cm³/mol. The minimum Gasteiger partial charge on any atom is -0.465 e. The summed E-state index contributed by atoms with van der Waals surface area (Å²) in [4.78, 5) is 12.6. The van der Waals surface area contributed by atoms with Gasteiger partial charge in [0, 0.05) is 12.1 Å². The van der Waals surface area contributed by atoms with Gasteiger partial charge < -0.3 is 19.5 Å². The number of amides is 1. The Morgan fingerprint density at radius 2 is 1.52 bits per heavy atom. The van der Waals surface area contributed by atoms with Crippen molar-refractivity contribution in [3.8, 4) is 0 Å². The Morgan fingerprint density at radius 3 is 2.04 bits per heavy atom. The van der Waals surface area contributed by atoms with E-state index in [1.807, 2.05) is 27.7 Å².